The fourth-order valence-electron chi connectivity index (χ4n) is 3.65. The van der Waals surface area contributed by atoms with Gasteiger partial charge in [0, 0.05) is 11.3 Å². The zero-order chi connectivity index (χ0) is 21.0. The number of amides is 1. The van der Waals surface area contributed by atoms with Crippen molar-refractivity contribution < 1.29 is 19.1 Å². The van der Waals surface area contributed by atoms with Gasteiger partial charge in [0.15, 0.2) is 0 Å². The molecule has 0 saturated carbocycles. The van der Waals surface area contributed by atoms with Crippen LogP contribution in [-0.4, -0.2) is 31.3 Å². The summed E-state index contributed by atoms with van der Waals surface area (Å²) in [7, 11) is 0. The summed E-state index contributed by atoms with van der Waals surface area (Å²) in [5.41, 5.74) is 3.91. The first-order valence-corrected chi connectivity index (χ1v) is 9.80. The van der Waals surface area contributed by atoms with Crippen LogP contribution in [0.2, 0.25) is 0 Å². The second-order valence-corrected chi connectivity index (χ2v) is 7.68. The molecule has 0 fully saturated rings. The molecule has 0 saturated heterocycles. The lowest BCUT2D eigenvalue weighted by molar-refractivity contribution is -0.147. The maximum Gasteiger partial charge on any atom is 0.407 e. The van der Waals surface area contributed by atoms with Gasteiger partial charge in [0.1, 0.15) is 12.6 Å². The summed E-state index contributed by atoms with van der Waals surface area (Å²) in [5.74, 6) is -0.549. The Morgan fingerprint density at radius 1 is 1.07 bits per heavy atom. The summed E-state index contributed by atoms with van der Waals surface area (Å²) < 4.78 is 10.7. The highest BCUT2D eigenvalue weighted by molar-refractivity contribution is 5.83. The molecule has 1 N–H and O–H groups in total. The predicted octanol–water partition coefficient (Wildman–Crippen LogP) is 4.67. The lowest BCUT2D eigenvalue weighted by Crippen LogP contribution is -2.50. The summed E-state index contributed by atoms with van der Waals surface area (Å²) in [4.78, 5) is 24.9. The number of benzene rings is 2. The van der Waals surface area contributed by atoms with Crippen molar-refractivity contribution in [3.05, 3.63) is 72.3 Å². The van der Waals surface area contributed by atoms with E-state index in [1.807, 2.05) is 38.1 Å². The molecule has 1 atom stereocenters. The lowest BCUT2D eigenvalue weighted by Gasteiger charge is -2.30. The van der Waals surface area contributed by atoms with Gasteiger partial charge in [-0.3, -0.25) is 0 Å². The van der Waals surface area contributed by atoms with Crippen molar-refractivity contribution in [3.8, 4) is 11.1 Å². The molecule has 0 aromatic heterocycles. The van der Waals surface area contributed by atoms with Gasteiger partial charge in [-0.15, -0.1) is 6.58 Å². The zero-order valence-corrected chi connectivity index (χ0v) is 17.1. The molecule has 5 nitrogen and oxygen atoms in total. The third kappa shape index (κ3) is 4.19. The zero-order valence-electron chi connectivity index (χ0n) is 17.1. The third-order valence-corrected chi connectivity index (χ3v) is 5.40. The highest BCUT2D eigenvalue weighted by Crippen LogP contribution is 2.44. The number of fused-ring (bicyclic) bond motifs is 3. The van der Waals surface area contributed by atoms with E-state index in [1.54, 1.807) is 13.0 Å². The van der Waals surface area contributed by atoms with E-state index in [0.29, 0.717) is 0 Å². The number of carbonyl (C=O) groups excluding carboxylic acids is 2. The Morgan fingerprint density at radius 3 is 2.14 bits per heavy atom. The van der Waals surface area contributed by atoms with Crippen LogP contribution in [0.5, 0.6) is 0 Å². The Bertz CT molecular complexity index is 873. The molecule has 1 aliphatic carbocycles. The molecular weight excluding hydrogens is 366 g/mol. The molecule has 152 valence electrons. The van der Waals surface area contributed by atoms with Gasteiger partial charge in [-0.2, -0.15) is 0 Å². The van der Waals surface area contributed by atoms with Crippen molar-refractivity contribution in [3.63, 3.8) is 0 Å². The second-order valence-electron chi connectivity index (χ2n) is 7.68. The van der Waals surface area contributed by atoms with Crippen LogP contribution in [-0.2, 0) is 14.3 Å². The van der Waals surface area contributed by atoms with Crippen LogP contribution in [0.1, 0.15) is 37.8 Å². The van der Waals surface area contributed by atoms with Gasteiger partial charge >= 0.3 is 12.1 Å². The van der Waals surface area contributed by atoms with Crippen LogP contribution >= 0.6 is 0 Å². The van der Waals surface area contributed by atoms with Crippen LogP contribution in [0.3, 0.4) is 0 Å². The molecule has 3 rings (SSSR count). The van der Waals surface area contributed by atoms with E-state index in [9.17, 15) is 9.59 Å². The third-order valence-electron chi connectivity index (χ3n) is 5.40. The Morgan fingerprint density at radius 2 is 1.62 bits per heavy atom. The summed E-state index contributed by atoms with van der Waals surface area (Å²) in [6, 6.07) is 15.4. The highest BCUT2D eigenvalue weighted by Gasteiger charge is 2.36. The topological polar surface area (TPSA) is 64.6 Å². The summed E-state index contributed by atoms with van der Waals surface area (Å²) in [6.07, 6.45) is 0.970. The fourth-order valence-corrected chi connectivity index (χ4v) is 3.65. The molecule has 0 unspecified atom stereocenters. The predicted molar refractivity (Wildman–Crippen MR) is 113 cm³/mol. The van der Waals surface area contributed by atoms with Crippen LogP contribution in [0, 0.1) is 5.41 Å². The largest absolute Gasteiger partial charge is 0.464 e. The van der Waals surface area contributed by atoms with E-state index in [0.717, 1.165) is 22.3 Å². The summed E-state index contributed by atoms with van der Waals surface area (Å²) in [6.45, 7) is 9.52. The van der Waals surface area contributed by atoms with Crippen LogP contribution in [0.25, 0.3) is 11.1 Å². The van der Waals surface area contributed by atoms with Gasteiger partial charge in [0.25, 0.3) is 0 Å². The number of esters is 1. The Balaban J connectivity index is 1.73. The first-order chi connectivity index (χ1) is 13.9. The van der Waals surface area contributed by atoms with Crippen molar-refractivity contribution in [2.75, 3.05) is 13.2 Å². The average Bonchev–Trinajstić information content (AvgIpc) is 3.04. The van der Waals surface area contributed by atoms with E-state index in [2.05, 4.69) is 36.2 Å². The first kappa shape index (κ1) is 20.6. The Hall–Kier alpha value is -3.08. The average molecular weight is 393 g/mol. The Labute approximate surface area is 171 Å². The molecule has 2 aromatic carbocycles. The Kier molecular flexibility index (Phi) is 6.06. The van der Waals surface area contributed by atoms with Crippen molar-refractivity contribution in [2.24, 2.45) is 5.41 Å². The van der Waals surface area contributed by atoms with Crippen molar-refractivity contribution in [2.45, 2.75) is 32.7 Å². The molecule has 0 aliphatic heterocycles. The number of alkyl carbamates (subject to hydrolysis) is 1. The van der Waals surface area contributed by atoms with E-state index in [-0.39, 0.29) is 19.1 Å². The standard InChI is InChI=1S/C24H27NO4/c1-5-24(3,4)21(22(26)28-6-2)25-23(27)29-15-20-18-13-9-7-11-16(18)17-12-8-10-14-19(17)20/h5,7-14,20-21H,1,6,15H2,2-4H3,(H,25,27)/t21-/m0/s1. The highest BCUT2D eigenvalue weighted by atomic mass is 16.6. The van der Waals surface area contributed by atoms with Crippen LogP contribution in [0.15, 0.2) is 61.2 Å². The quantitative estimate of drug-likeness (QED) is 0.548. The monoisotopic (exact) mass is 393 g/mol. The molecule has 0 bridgehead atoms. The number of hydrogen-bond acceptors (Lipinski definition) is 4. The van der Waals surface area contributed by atoms with Crippen LogP contribution in [0.4, 0.5) is 4.79 Å². The molecule has 5 heteroatoms. The van der Waals surface area contributed by atoms with E-state index in [4.69, 9.17) is 9.47 Å². The normalized spacial score (nSPS) is 13.8. The fraction of sp³-hybridized carbons (Fsp3) is 0.333. The number of nitrogens with one attached hydrogen (secondary N) is 1. The summed E-state index contributed by atoms with van der Waals surface area (Å²) >= 11 is 0. The van der Waals surface area contributed by atoms with E-state index in [1.165, 1.54) is 0 Å². The van der Waals surface area contributed by atoms with Gasteiger partial charge in [-0.1, -0.05) is 68.5 Å². The van der Waals surface area contributed by atoms with Crippen molar-refractivity contribution in [1.29, 1.82) is 0 Å². The maximum absolute atomic E-state index is 12.5. The lowest BCUT2D eigenvalue weighted by atomic mass is 9.84. The van der Waals surface area contributed by atoms with Crippen molar-refractivity contribution in [1.82, 2.24) is 5.32 Å². The van der Waals surface area contributed by atoms with Gasteiger partial charge in [-0.05, 0) is 29.2 Å². The number of hydrogen-bond donors (Lipinski definition) is 1. The van der Waals surface area contributed by atoms with Gasteiger partial charge < -0.3 is 14.8 Å². The van der Waals surface area contributed by atoms with E-state index >= 15 is 0 Å². The molecule has 0 radical (unpaired) electrons. The van der Waals surface area contributed by atoms with Gasteiger partial charge in [0.2, 0.25) is 0 Å². The number of ether oxygens (including phenoxy) is 2. The number of carbonyl (C=O) groups is 2. The molecule has 2 aromatic rings. The minimum absolute atomic E-state index is 0.0402. The first-order valence-electron chi connectivity index (χ1n) is 9.80. The molecular formula is C24H27NO4. The minimum Gasteiger partial charge on any atom is -0.464 e. The van der Waals surface area contributed by atoms with Gasteiger partial charge in [-0.25, -0.2) is 9.59 Å². The number of rotatable bonds is 7. The molecule has 1 amide bonds. The summed E-state index contributed by atoms with van der Waals surface area (Å²) in [5, 5.41) is 2.66. The van der Waals surface area contributed by atoms with Crippen molar-refractivity contribution >= 4 is 12.1 Å². The van der Waals surface area contributed by atoms with Gasteiger partial charge in [0.05, 0.1) is 6.61 Å². The van der Waals surface area contributed by atoms with E-state index < -0.39 is 23.5 Å². The SMILES string of the molecule is C=CC(C)(C)[C@@H](NC(=O)OCC1c2ccccc2-c2ccccc21)C(=O)OCC. The van der Waals surface area contributed by atoms with Crippen LogP contribution < -0.4 is 5.32 Å². The maximum atomic E-state index is 12.5. The molecule has 1 aliphatic rings. The molecule has 0 spiro atoms. The smallest absolute Gasteiger partial charge is 0.407 e. The second kappa shape index (κ2) is 8.52. The minimum atomic E-state index is -0.879. The molecule has 0 heterocycles. The molecule has 29 heavy (non-hydrogen) atoms.